The van der Waals surface area contributed by atoms with E-state index in [9.17, 15) is 4.79 Å². The van der Waals surface area contributed by atoms with Gasteiger partial charge in [0.2, 0.25) is 0 Å². The summed E-state index contributed by atoms with van der Waals surface area (Å²) < 4.78 is 4.72. The highest BCUT2D eigenvalue weighted by molar-refractivity contribution is 5.85. The Hall–Kier alpha value is -1.06. The summed E-state index contributed by atoms with van der Waals surface area (Å²) in [6.45, 7) is 0. The number of esters is 1. The number of halogens is 1. The standard InChI is InChI=1S/C11H13NO2.ClH/c1-14-11(13)9-6-7-4-2-3-5-8(7)10(9)12;/h2-5,9-10H,6,12H2,1H3;1H. The molecule has 0 aliphatic heterocycles. The average Bonchev–Trinajstić information content (AvgIpc) is 2.56. The predicted octanol–water partition coefficient (Wildman–Crippen LogP) is 1.45. The predicted molar refractivity (Wildman–Crippen MR) is 59.8 cm³/mol. The van der Waals surface area contributed by atoms with Gasteiger partial charge >= 0.3 is 5.97 Å². The van der Waals surface area contributed by atoms with E-state index < -0.39 is 0 Å². The first-order chi connectivity index (χ1) is 6.74. The average molecular weight is 228 g/mol. The molecule has 0 saturated heterocycles. The third kappa shape index (κ3) is 1.98. The Morgan fingerprint density at radius 2 is 2.13 bits per heavy atom. The molecular weight excluding hydrogens is 214 g/mol. The maximum absolute atomic E-state index is 11.4. The highest BCUT2D eigenvalue weighted by atomic mass is 35.5. The number of carbonyl (C=O) groups is 1. The van der Waals surface area contributed by atoms with Crippen LogP contribution >= 0.6 is 12.4 Å². The number of nitrogens with two attached hydrogens (primary N) is 1. The Morgan fingerprint density at radius 1 is 1.47 bits per heavy atom. The molecule has 0 spiro atoms. The first kappa shape index (κ1) is 12.0. The zero-order chi connectivity index (χ0) is 10.1. The van der Waals surface area contributed by atoms with Crippen LogP contribution in [0.3, 0.4) is 0 Å². The van der Waals surface area contributed by atoms with Crippen LogP contribution in [-0.2, 0) is 16.0 Å². The minimum atomic E-state index is -0.214. The molecule has 1 aromatic carbocycles. The van der Waals surface area contributed by atoms with Crippen molar-refractivity contribution in [1.82, 2.24) is 0 Å². The second kappa shape index (κ2) is 4.64. The first-order valence-corrected chi connectivity index (χ1v) is 4.65. The van der Waals surface area contributed by atoms with Crippen molar-refractivity contribution in [3.05, 3.63) is 35.4 Å². The lowest BCUT2D eigenvalue weighted by Gasteiger charge is -2.12. The van der Waals surface area contributed by atoms with E-state index >= 15 is 0 Å². The second-order valence-electron chi connectivity index (χ2n) is 3.56. The van der Waals surface area contributed by atoms with Crippen LogP contribution in [0.5, 0.6) is 0 Å². The SMILES string of the molecule is COC(=O)C1Cc2ccccc2C1N.Cl. The maximum atomic E-state index is 11.4. The van der Waals surface area contributed by atoms with Crippen molar-refractivity contribution in [3.8, 4) is 0 Å². The van der Waals surface area contributed by atoms with Gasteiger partial charge in [0.1, 0.15) is 0 Å². The number of hydrogen-bond acceptors (Lipinski definition) is 3. The Morgan fingerprint density at radius 3 is 2.73 bits per heavy atom. The molecule has 0 amide bonds. The molecule has 2 unspecified atom stereocenters. The Balaban J connectivity index is 0.00000112. The van der Waals surface area contributed by atoms with Crippen LogP contribution in [0, 0.1) is 5.92 Å². The van der Waals surface area contributed by atoms with Crippen molar-refractivity contribution in [2.45, 2.75) is 12.5 Å². The van der Waals surface area contributed by atoms with Gasteiger partial charge in [-0.25, -0.2) is 0 Å². The van der Waals surface area contributed by atoms with Crippen LogP contribution in [0.25, 0.3) is 0 Å². The quantitative estimate of drug-likeness (QED) is 0.739. The molecule has 15 heavy (non-hydrogen) atoms. The van der Waals surface area contributed by atoms with E-state index in [1.54, 1.807) is 0 Å². The van der Waals surface area contributed by atoms with E-state index in [4.69, 9.17) is 10.5 Å². The lowest BCUT2D eigenvalue weighted by molar-refractivity contribution is -0.145. The van der Waals surface area contributed by atoms with Crippen LogP contribution in [0.1, 0.15) is 17.2 Å². The summed E-state index contributed by atoms with van der Waals surface area (Å²) in [6.07, 6.45) is 0.698. The normalized spacial score (nSPS) is 22.8. The summed E-state index contributed by atoms with van der Waals surface area (Å²) in [7, 11) is 1.40. The lowest BCUT2D eigenvalue weighted by atomic mass is 10.0. The summed E-state index contributed by atoms with van der Waals surface area (Å²) in [5.41, 5.74) is 8.20. The van der Waals surface area contributed by atoms with Crippen molar-refractivity contribution < 1.29 is 9.53 Å². The fraction of sp³-hybridized carbons (Fsp3) is 0.364. The van der Waals surface area contributed by atoms with Crippen LogP contribution < -0.4 is 5.73 Å². The zero-order valence-electron chi connectivity index (χ0n) is 8.47. The molecule has 1 aliphatic carbocycles. The van der Waals surface area contributed by atoms with Gasteiger partial charge in [0.25, 0.3) is 0 Å². The van der Waals surface area contributed by atoms with Gasteiger partial charge in [-0.15, -0.1) is 12.4 Å². The molecular formula is C11H14ClNO2. The highest BCUT2D eigenvalue weighted by Crippen LogP contribution is 2.34. The fourth-order valence-corrected chi connectivity index (χ4v) is 2.01. The van der Waals surface area contributed by atoms with Gasteiger partial charge in [-0.3, -0.25) is 4.79 Å². The number of methoxy groups -OCH3 is 1. The molecule has 3 nitrogen and oxygen atoms in total. The van der Waals surface area contributed by atoms with Crippen LogP contribution in [0.15, 0.2) is 24.3 Å². The summed E-state index contributed by atoms with van der Waals surface area (Å²) >= 11 is 0. The van der Waals surface area contributed by atoms with Crippen molar-refractivity contribution >= 4 is 18.4 Å². The molecule has 0 saturated carbocycles. The van der Waals surface area contributed by atoms with Gasteiger partial charge in [-0.2, -0.15) is 0 Å². The molecule has 0 bridgehead atoms. The van der Waals surface area contributed by atoms with E-state index in [0.29, 0.717) is 6.42 Å². The molecule has 2 N–H and O–H groups in total. The number of rotatable bonds is 1. The molecule has 2 atom stereocenters. The molecule has 0 radical (unpaired) electrons. The van der Waals surface area contributed by atoms with Crippen LogP contribution in [0.4, 0.5) is 0 Å². The zero-order valence-corrected chi connectivity index (χ0v) is 9.29. The van der Waals surface area contributed by atoms with E-state index in [2.05, 4.69) is 0 Å². The van der Waals surface area contributed by atoms with E-state index in [0.717, 1.165) is 11.1 Å². The van der Waals surface area contributed by atoms with E-state index in [-0.39, 0.29) is 30.3 Å². The Kier molecular flexibility index (Phi) is 3.72. The van der Waals surface area contributed by atoms with E-state index in [1.165, 1.54) is 7.11 Å². The van der Waals surface area contributed by atoms with Crippen molar-refractivity contribution in [3.63, 3.8) is 0 Å². The van der Waals surface area contributed by atoms with Gasteiger partial charge in [0, 0.05) is 6.04 Å². The third-order valence-corrected chi connectivity index (χ3v) is 2.79. The summed E-state index contributed by atoms with van der Waals surface area (Å²) in [6, 6.07) is 7.68. The first-order valence-electron chi connectivity index (χ1n) is 4.65. The molecule has 0 heterocycles. The molecule has 2 rings (SSSR count). The Labute approximate surface area is 95.0 Å². The smallest absolute Gasteiger partial charge is 0.310 e. The number of fused-ring (bicyclic) bond motifs is 1. The van der Waals surface area contributed by atoms with Gasteiger partial charge < -0.3 is 10.5 Å². The van der Waals surface area contributed by atoms with Gasteiger partial charge in [0.05, 0.1) is 13.0 Å². The van der Waals surface area contributed by atoms with Crippen LogP contribution in [0.2, 0.25) is 0 Å². The molecule has 1 aliphatic rings. The monoisotopic (exact) mass is 227 g/mol. The number of benzene rings is 1. The summed E-state index contributed by atoms with van der Waals surface area (Å²) in [5, 5.41) is 0. The van der Waals surface area contributed by atoms with E-state index in [1.807, 2.05) is 24.3 Å². The molecule has 1 aromatic rings. The minimum Gasteiger partial charge on any atom is -0.469 e. The molecule has 4 heteroatoms. The fourth-order valence-electron chi connectivity index (χ4n) is 2.01. The van der Waals surface area contributed by atoms with Crippen LogP contribution in [-0.4, -0.2) is 13.1 Å². The topological polar surface area (TPSA) is 52.3 Å². The molecule has 82 valence electrons. The number of ether oxygens (including phenoxy) is 1. The van der Waals surface area contributed by atoms with Crippen molar-refractivity contribution in [1.29, 1.82) is 0 Å². The second-order valence-corrected chi connectivity index (χ2v) is 3.56. The number of hydrogen-bond donors (Lipinski definition) is 1. The third-order valence-electron chi connectivity index (χ3n) is 2.79. The van der Waals surface area contributed by atoms with Crippen molar-refractivity contribution in [2.24, 2.45) is 11.7 Å². The van der Waals surface area contributed by atoms with Gasteiger partial charge in [-0.1, -0.05) is 24.3 Å². The van der Waals surface area contributed by atoms with Gasteiger partial charge in [-0.05, 0) is 17.5 Å². The van der Waals surface area contributed by atoms with Gasteiger partial charge in [0.15, 0.2) is 0 Å². The minimum absolute atomic E-state index is 0. The molecule has 0 aromatic heterocycles. The summed E-state index contributed by atoms with van der Waals surface area (Å²) in [4.78, 5) is 11.4. The largest absolute Gasteiger partial charge is 0.469 e. The Bertz CT molecular complexity index is 367. The number of carbonyl (C=O) groups excluding carboxylic acids is 1. The highest BCUT2D eigenvalue weighted by Gasteiger charge is 2.35. The maximum Gasteiger partial charge on any atom is 0.310 e. The summed E-state index contributed by atoms with van der Waals surface area (Å²) in [5.74, 6) is -0.425. The molecule has 0 fully saturated rings. The lowest BCUT2D eigenvalue weighted by Crippen LogP contribution is -2.25. The van der Waals surface area contributed by atoms with Crippen molar-refractivity contribution in [2.75, 3.05) is 7.11 Å².